The molecule has 18 heavy (non-hydrogen) atoms. The lowest BCUT2D eigenvalue weighted by Crippen LogP contribution is -3.21. The summed E-state index contributed by atoms with van der Waals surface area (Å²) >= 11 is 0. The van der Waals surface area contributed by atoms with Crippen molar-refractivity contribution in [3.63, 3.8) is 0 Å². The van der Waals surface area contributed by atoms with Crippen molar-refractivity contribution in [3.8, 4) is 0 Å². The lowest BCUT2D eigenvalue weighted by molar-refractivity contribution is -0.949. The minimum Gasteiger partial charge on any atom is -0.385 e. The average molecular weight is 252 g/mol. The van der Waals surface area contributed by atoms with Crippen molar-refractivity contribution in [1.29, 1.82) is 0 Å². The van der Waals surface area contributed by atoms with Crippen molar-refractivity contribution in [3.05, 3.63) is 35.9 Å². The molecule has 1 heterocycles. The van der Waals surface area contributed by atoms with Gasteiger partial charge in [0.25, 0.3) is 0 Å². The first-order valence-electron chi connectivity index (χ1n) is 6.79. The van der Waals surface area contributed by atoms with Crippen LogP contribution in [0, 0.1) is 0 Å². The van der Waals surface area contributed by atoms with Crippen LogP contribution in [0.5, 0.6) is 0 Å². The standard InChI is InChI=1S/C14H22N2O2/c17-14(10-16-8-6-15-7-9-16)12-18-11-13-4-2-1-3-5-13/h1-5,14-15,17H,6-12H2/p+2/t14-/m1/s1. The molecule has 1 saturated heterocycles. The van der Waals surface area contributed by atoms with E-state index in [2.05, 4.69) is 5.32 Å². The van der Waals surface area contributed by atoms with Crippen LogP contribution in [-0.4, -0.2) is 50.5 Å². The molecule has 0 unspecified atom stereocenters. The third-order valence-corrected chi connectivity index (χ3v) is 3.35. The molecule has 4 heteroatoms. The maximum atomic E-state index is 9.92. The van der Waals surface area contributed by atoms with Crippen molar-refractivity contribution in [1.82, 2.24) is 0 Å². The van der Waals surface area contributed by atoms with Gasteiger partial charge in [-0.05, 0) is 5.56 Å². The summed E-state index contributed by atoms with van der Waals surface area (Å²) in [4.78, 5) is 1.49. The fourth-order valence-corrected chi connectivity index (χ4v) is 2.37. The third-order valence-electron chi connectivity index (χ3n) is 3.35. The van der Waals surface area contributed by atoms with Crippen LogP contribution < -0.4 is 10.2 Å². The lowest BCUT2D eigenvalue weighted by atomic mass is 10.2. The van der Waals surface area contributed by atoms with Gasteiger partial charge in [0.15, 0.2) is 0 Å². The van der Waals surface area contributed by atoms with Gasteiger partial charge < -0.3 is 20.1 Å². The largest absolute Gasteiger partial charge is 0.385 e. The van der Waals surface area contributed by atoms with E-state index >= 15 is 0 Å². The van der Waals surface area contributed by atoms with Crippen LogP contribution in [0.2, 0.25) is 0 Å². The van der Waals surface area contributed by atoms with Crippen LogP contribution in [0.15, 0.2) is 30.3 Å². The molecule has 0 saturated carbocycles. The number of aliphatic hydroxyl groups excluding tert-OH is 1. The maximum Gasteiger partial charge on any atom is 0.127 e. The second kappa shape index (κ2) is 7.48. The Morgan fingerprint density at radius 1 is 1.22 bits per heavy atom. The SMILES string of the molecule is O[C@@H](COCc1ccccc1)C[NH+]1CC[NH2+]CC1. The quantitative estimate of drug-likeness (QED) is 0.550. The van der Waals surface area contributed by atoms with Gasteiger partial charge in [-0.15, -0.1) is 0 Å². The molecule has 1 aliphatic rings. The van der Waals surface area contributed by atoms with Gasteiger partial charge in [0.1, 0.15) is 38.8 Å². The number of hydrogen-bond acceptors (Lipinski definition) is 2. The molecule has 0 aromatic heterocycles. The predicted octanol–water partition coefficient (Wildman–Crippen LogP) is -1.97. The van der Waals surface area contributed by atoms with Crippen molar-refractivity contribution in [2.75, 3.05) is 39.3 Å². The van der Waals surface area contributed by atoms with Crippen LogP contribution in [0.25, 0.3) is 0 Å². The molecular weight excluding hydrogens is 228 g/mol. The van der Waals surface area contributed by atoms with Crippen LogP contribution in [-0.2, 0) is 11.3 Å². The number of piperazine rings is 1. The van der Waals surface area contributed by atoms with Gasteiger partial charge in [0, 0.05) is 0 Å². The van der Waals surface area contributed by atoms with E-state index in [9.17, 15) is 5.11 Å². The highest BCUT2D eigenvalue weighted by Gasteiger charge is 2.19. The van der Waals surface area contributed by atoms with E-state index in [4.69, 9.17) is 4.74 Å². The molecule has 0 aliphatic carbocycles. The fourth-order valence-electron chi connectivity index (χ4n) is 2.37. The van der Waals surface area contributed by atoms with E-state index < -0.39 is 0 Å². The average Bonchev–Trinajstić information content (AvgIpc) is 2.41. The Labute approximate surface area is 109 Å². The minimum atomic E-state index is -0.346. The first-order valence-corrected chi connectivity index (χ1v) is 6.79. The number of nitrogens with one attached hydrogen (secondary N) is 1. The fraction of sp³-hybridized carbons (Fsp3) is 0.571. The van der Waals surface area contributed by atoms with Crippen LogP contribution in [0.3, 0.4) is 0 Å². The summed E-state index contributed by atoms with van der Waals surface area (Å²) in [7, 11) is 0. The molecule has 0 spiro atoms. The Bertz CT molecular complexity index is 326. The van der Waals surface area contributed by atoms with Crippen LogP contribution >= 0.6 is 0 Å². The van der Waals surface area contributed by atoms with Crippen molar-refractivity contribution >= 4 is 0 Å². The van der Waals surface area contributed by atoms with E-state index in [0.29, 0.717) is 13.2 Å². The summed E-state index contributed by atoms with van der Waals surface area (Å²) in [6.45, 7) is 6.47. The molecular formula is C14H24N2O2+2. The number of benzene rings is 1. The Balaban J connectivity index is 1.61. The molecule has 1 fully saturated rings. The Morgan fingerprint density at radius 2 is 1.94 bits per heavy atom. The Morgan fingerprint density at radius 3 is 2.67 bits per heavy atom. The van der Waals surface area contributed by atoms with Gasteiger partial charge in [-0.25, -0.2) is 0 Å². The number of quaternary nitrogens is 2. The second-order valence-electron chi connectivity index (χ2n) is 4.97. The Kier molecular flexibility index (Phi) is 5.61. The molecule has 4 nitrogen and oxygen atoms in total. The summed E-state index contributed by atoms with van der Waals surface area (Å²) in [6, 6.07) is 10.1. The van der Waals surface area contributed by atoms with E-state index in [0.717, 1.165) is 25.2 Å². The number of ether oxygens (including phenoxy) is 1. The number of hydrogen-bond donors (Lipinski definition) is 3. The van der Waals surface area contributed by atoms with Gasteiger partial charge in [-0.2, -0.15) is 0 Å². The molecule has 1 aliphatic heterocycles. The molecule has 0 bridgehead atoms. The van der Waals surface area contributed by atoms with Crippen molar-refractivity contribution in [2.45, 2.75) is 12.7 Å². The molecule has 100 valence electrons. The second-order valence-corrected chi connectivity index (χ2v) is 4.97. The normalized spacial score (nSPS) is 18.7. The monoisotopic (exact) mass is 252 g/mol. The first kappa shape index (κ1) is 13.5. The molecule has 0 amide bonds. The number of rotatable bonds is 6. The highest BCUT2D eigenvalue weighted by atomic mass is 16.5. The molecule has 1 aromatic rings. The maximum absolute atomic E-state index is 9.92. The summed E-state index contributed by atoms with van der Waals surface area (Å²) < 4.78 is 5.55. The minimum absolute atomic E-state index is 0.346. The van der Waals surface area contributed by atoms with Gasteiger partial charge in [-0.1, -0.05) is 30.3 Å². The Hall–Kier alpha value is -0.940. The molecule has 2 rings (SSSR count). The molecule has 1 aromatic carbocycles. The highest BCUT2D eigenvalue weighted by molar-refractivity contribution is 5.13. The predicted molar refractivity (Wildman–Crippen MR) is 69.3 cm³/mol. The van der Waals surface area contributed by atoms with E-state index in [1.54, 1.807) is 0 Å². The molecule has 4 N–H and O–H groups in total. The van der Waals surface area contributed by atoms with E-state index in [1.165, 1.54) is 18.0 Å². The van der Waals surface area contributed by atoms with Gasteiger partial charge in [0.2, 0.25) is 0 Å². The summed E-state index contributed by atoms with van der Waals surface area (Å²) in [6.07, 6.45) is -0.346. The van der Waals surface area contributed by atoms with Gasteiger partial charge in [-0.3, -0.25) is 0 Å². The first-order chi connectivity index (χ1) is 8.84. The summed E-state index contributed by atoms with van der Waals surface area (Å²) in [5.41, 5.74) is 1.16. The zero-order valence-electron chi connectivity index (χ0n) is 10.8. The molecule has 0 radical (unpaired) electrons. The number of nitrogens with two attached hydrogens (primary N) is 1. The van der Waals surface area contributed by atoms with E-state index in [-0.39, 0.29) is 6.10 Å². The van der Waals surface area contributed by atoms with Crippen molar-refractivity contribution in [2.24, 2.45) is 0 Å². The summed E-state index contributed by atoms with van der Waals surface area (Å²) in [5, 5.41) is 12.3. The van der Waals surface area contributed by atoms with E-state index in [1.807, 2.05) is 30.3 Å². The summed E-state index contributed by atoms with van der Waals surface area (Å²) in [5.74, 6) is 0. The number of aliphatic hydroxyl groups is 1. The van der Waals surface area contributed by atoms with Gasteiger partial charge >= 0.3 is 0 Å². The smallest absolute Gasteiger partial charge is 0.127 e. The van der Waals surface area contributed by atoms with Crippen molar-refractivity contribution < 1.29 is 20.1 Å². The van der Waals surface area contributed by atoms with Gasteiger partial charge in [0.05, 0.1) is 13.2 Å². The zero-order chi connectivity index (χ0) is 12.6. The third kappa shape index (κ3) is 4.74. The highest BCUT2D eigenvalue weighted by Crippen LogP contribution is 2.00. The van der Waals surface area contributed by atoms with Crippen LogP contribution in [0.1, 0.15) is 5.56 Å². The molecule has 1 atom stereocenters. The van der Waals surface area contributed by atoms with Crippen LogP contribution in [0.4, 0.5) is 0 Å². The lowest BCUT2D eigenvalue weighted by Gasteiger charge is -2.24. The zero-order valence-corrected chi connectivity index (χ0v) is 10.8. The topological polar surface area (TPSA) is 50.5 Å².